The monoisotopic (exact) mass is 165 g/mol. The van der Waals surface area contributed by atoms with Crippen LogP contribution in [0.1, 0.15) is 44.0 Å². The number of oxazole rings is 1. The third-order valence-electron chi connectivity index (χ3n) is 3.03. The predicted octanol–water partition coefficient (Wildman–Crippen LogP) is 2.67. The van der Waals surface area contributed by atoms with E-state index < -0.39 is 0 Å². The zero-order valence-electron chi connectivity index (χ0n) is 8.14. The Labute approximate surface area is 73.0 Å². The van der Waals surface area contributed by atoms with Crippen molar-refractivity contribution in [1.29, 1.82) is 0 Å². The van der Waals surface area contributed by atoms with Crippen LogP contribution in [0.4, 0.5) is 0 Å². The molecule has 1 unspecified atom stereocenters. The van der Waals surface area contributed by atoms with Gasteiger partial charge in [-0.1, -0.05) is 20.8 Å². The second kappa shape index (κ2) is 2.12. The van der Waals surface area contributed by atoms with Gasteiger partial charge in [0, 0.05) is 19.3 Å². The highest BCUT2D eigenvalue weighted by Gasteiger charge is 2.39. The van der Waals surface area contributed by atoms with Gasteiger partial charge in [0.15, 0.2) is 5.89 Å². The molecule has 1 heterocycles. The van der Waals surface area contributed by atoms with Gasteiger partial charge in [-0.15, -0.1) is 0 Å². The van der Waals surface area contributed by atoms with Crippen molar-refractivity contribution in [2.75, 3.05) is 0 Å². The molecule has 0 N–H and O–H groups in total. The van der Waals surface area contributed by atoms with E-state index in [1.54, 1.807) is 0 Å². The summed E-state index contributed by atoms with van der Waals surface area (Å²) in [5.41, 5.74) is 1.51. The Morgan fingerprint density at radius 1 is 1.50 bits per heavy atom. The number of rotatable bonds is 0. The van der Waals surface area contributed by atoms with Crippen LogP contribution in [-0.2, 0) is 6.42 Å². The zero-order valence-corrected chi connectivity index (χ0v) is 8.14. The summed E-state index contributed by atoms with van der Waals surface area (Å²) in [6, 6.07) is 0. The summed E-state index contributed by atoms with van der Waals surface area (Å²) in [5.74, 6) is 2.44. The molecule has 66 valence electrons. The van der Waals surface area contributed by atoms with Crippen molar-refractivity contribution in [1.82, 2.24) is 4.98 Å². The molecule has 0 aliphatic heterocycles. The molecule has 12 heavy (non-hydrogen) atoms. The van der Waals surface area contributed by atoms with Crippen molar-refractivity contribution in [2.24, 2.45) is 5.41 Å². The number of aryl methyl sites for hydroxylation is 1. The minimum Gasteiger partial charge on any atom is -0.446 e. The molecule has 0 saturated carbocycles. The molecule has 0 aromatic carbocycles. The minimum absolute atomic E-state index is 0.328. The van der Waals surface area contributed by atoms with Gasteiger partial charge in [-0.25, -0.2) is 4.98 Å². The van der Waals surface area contributed by atoms with Crippen molar-refractivity contribution in [3.05, 3.63) is 17.3 Å². The Morgan fingerprint density at radius 3 is 2.75 bits per heavy atom. The van der Waals surface area contributed by atoms with Gasteiger partial charge in [-0.2, -0.15) is 0 Å². The lowest BCUT2D eigenvalue weighted by atomic mass is 9.82. The van der Waals surface area contributed by atoms with Gasteiger partial charge in [0.2, 0.25) is 0 Å². The maximum atomic E-state index is 5.52. The Morgan fingerprint density at radius 2 is 2.17 bits per heavy atom. The molecule has 1 aliphatic rings. The summed E-state index contributed by atoms with van der Waals surface area (Å²) in [4.78, 5) is 4.40. The summed E-state index contributed by atoms with van der Waals surface area (Å²) < 4.78 is 5.52. The average Bonchev–Trinajstić information content (AvgIpc) is 2.35. The van der Waals surface area contributed by atoms with Crippen LogP contribution in [0, 0.1) is 12.3 Å². The molecule has 0 spiro atoms. The van der Waals surface area contributed by atoms with E-state index in [1.807, 2.05) is 6.92 Å². The molecule has 1 aromatic heterocycles. The van der Waals surface area contributed by atoms with E-state index in [9.17, 15) is 0 Å². The van der Waals surface area contributed by atoms with Gasteiger partial charge in [0.05, 0.1) is 5.69 Å². The Hall–Kier alpha value is -0.790. The fourth-order valence-corrected chi connectivity index (χ4v) is 1.89. The third kappa shape index (κ3) is 0.904. The predicted molar refractivity (Wildman–Crippen MR) is 47.1 cm³/mol. The number of fused-ring (bicyclic) bond motifs is 1. The van der Waals surface area contributed by atoms with Gasteiger partial charge >= 0.3 is 0 Å². The summed E-state index contributed by atoms with van der Waals surface area (Å²) in [6.07, 6.45) is 1.03. The second-order valence-electron chi connectivity index (χ2n) is 4.43. The van der Waals surface area contributed by atoms with Crippen molar-refractivity contribution in [2.45, 2.75) is 40.0 Å². The van der Waals surface area contributed by atoms with Crippen LogP contribution in [-0.4, -0.2) is 4.98 Å². The fraction of sp³-hybridized carbons (Fsp3) is 0.700. The quantitative estimate of drug-likeness (QED) is 0.590. The lowest BCUT2D eigenvalue weighted by Crippen LogP contribution is -2.15. The first kappa shape index (κ1) is 7.84. The molecule has 1 aromatic rings. The Bertz CT molecular complexity index is 312. The molecular formula is C10H15NO. The molecule has 2 heteroatoms. The maximum Gasteiger partial charge on any atom is 0.191 e. The van der Waals surface area contributed by atoms with Crippen LogP contribution in [0.5, 0.6) is 0 Å². The lowest BCUT2D eigenvalue weighted by Gasteiger charge is -2.22. The zero-order chi connectivity index (χ0) is 8.93. The normalized spacial score (nSPS) is 25.8. The first-order chi connectivity index (χ1) is 5.50. The fourth-order valence-electron chi connectivity index (χ4n) is 1.89. The van der Waals surface area contributed by atoms with Gasteiger partial charge in [-0.05, 0) is 5.41 Å². The average molecular weight is 165 g/mol. The number of nitrogens with zero attached hydrogens (tertiary/aromatic N) is 1. The highest BCUT2D eigenvalue weighted by atomic mass is 16.4. The molecule has 0 saturated heterocycles. The smallest absolute Gasteiger partial charge is 0.191 e. The van der Waals surface area contributed by atoms with Crippen LogP contribution in [0.15, 0.2) is 4.42 Å². The summed E-state index contributed by atoms with van der Waals surface area (Å²) in [5, 5.41) is 0. The molecule has 0 fully saturated rings. The van der Waals surface area contributed by atoms with E-state index in [1.165, 1.54) is 5.69 Å². The highest BCUT2D eigenvalue weighted by molar-refractivity contribution is 5.25. The molecular weight excluding hydrogens is 150 g/mol. The van der Waals surface area contributed by atoms with Gasteiger partial charge in [0.1, 0.15) is 5.76 Å². The Kier molecular flexibility index (Phi) is 1.39. The summed E-state index contributed by atoms with van der Waals surface area (Å²) in [6.45, 7) is 8.68. The molecule has 2 nitrogen and oxygen atoms in total. The highest BCUT2D eigenvalue weighted by Crippen LogP contribution is 2.46. The van der Waals surface area contributed by atoms with E-state index in [-0.39, 0.29) is 0 Å². The maximum absolute atomic E-state index is 5.52. The molecule has 1 atom stereocenters. The molecule has 0 amide bonds. The van der Waals surface area contributed by atoms with Crippen molar-refractivity contribution >= 4 is 0 Å². The molecule has 2 rings (SSSR count). The van der Waals surface area contributed by atoms with Crippen LogP contribution in [0.3, 0.4) is 0 Å². The van der Waals surface area contributed by atoms with Gasteiger partial charge in [-0.3, -0.25) is 0 Å². The number of hydrogen-bond acceptors (Lipinski definition) is 2. The summed E-state index contributed by atoms with van der Waals surface area (Å²) >= 11 is 0. The van der Waals surface area contributed by atoms with Crippen LogP contribution < -0.4 is 0 Å². The topological polar surface area (TPSA) is 26.0 Å². The van der Waals surface area contributed by atoms with Crippen molar-refractivity contribution in [3.8, 4) is 0 Å². The van der Waals surface area contributed by atoms with Crippen LogP contribution in [0.2, 0.25) is 0 Å². The molecule has 1 aliphatic carbocycles. The van der Waals surface area contributed by atoms with E-state index in [0.717, 1.165) is 18.1 Å². The SMILES string of the molecule is Cc1nc2c(o1)CC(C)(C)C2C. The first-order valence-corrected chi connectivity index (χ1v) is 4.47. The van der Waals surface area contributed by atoms with E-state index in [0.29, 0.717) is 11.3 Å². The second-order valence-corrected chi connectivity index (χ2v) is 4.43. The summed E-state index contributed by atoms with van der Waals surface area (Å²) in [7, 11) is 0. The van der Waals surface area contributed by atoms with Gasteiger partial charge in [0.25, 0.3) is 0 Å². The van der Waals surface area contributed by atoms with E-state index in [2.05, 4.69) is 25.8 Å². The van der Waals surface area contributed by atoms with Crippen molar-refractivity contribution < 1.29 is 4.42 Å². The number of hydrogen-bond donors (Lipinski definition) is 0. The van der Waals surface area contributed by atoms with Crippen LogP contribution in [0.25, 0.3) is 0 Å². The number of aromatic nitrogens is 1. The molecule has 0 bridgehead atoms. The lowest BCUT2D eigenvalue weighted by molar-refractivity contribution is 0.306. The van der Waals surface area contributed by atoms with Gasteiger partial charge < -0.3 is 4.42 Å². The Balaban J connectivity index is 2.46. The largest absolute Gasteiger partial charge is 0.446 e. The van der Waals surface area contributed by atoms with Crippen molar-refractivity contribution in [3.63, 3.8) is 0 Å². The third-order valence-corrected chi connectivity index (χ3v) is 3.03. The first-order valence-electron chi connectivity index (χ1n) is 4.47. The van der Waals surface area contributed by atoms with E-state index >= 15 is 0 Å². The minimum atomic E-state index is 0.328. The molecule has 0 radical (unpaired) electrons. The van der Waals surface area contributed by atoms with Crippen LogP contribution >= 0.6 is 0 Å². The van der Waals surface area contributed by atoms with E-state index in [4.69, 9.17) is 4.42 Å². The standard InChI is InChI=1S/C10H15NO/c1-6-9-8(5-10(6,3)4)12-7(2)11-9/h6H,5H2,1-4H3.